The van der Waals surface area contributed by atoms with E-state index in [0.29, 0.717) is 18.5 Å². The van der Waals surface area contributed by atoms with Crippen LogP contribution in [0.2, 0.25) is 0 Å². The van der Waals surface area contributed by atoms with Crippen LogP contribution in [0.25, 0.3) is 0 Å². The van der Waals surface area contributed by atoms with Gasteiger partial charge in [-0.3, -0.25) is 14.4 Å². The molecule has 0 aliphatic rings. The fourth-order valence-corrected chi connectivity index (χ4v) is 2.77. The first-order valence-corrected chi connectivity index (χ1v) is 9.23. The highest BCUT2D eigenvalue weighted by atomic mass is 16.5. The van der Waals surface area contributed by atoms with Crippen LogP contribution in [0.15, 0.2) is 48.5 Å². The van der Waals surface area contributed by atoms with E-state index < -0.39 is 12.1 Å². The van der Waals surface area contributed by atoms with Gasteiger partial charge in [-0.15, -0.1) is 0 Å². The van der Waals surface area contributed by atoms with Crippen molar-refractivity contribution in [3.05, 3.63) is 70.8 Å². The van der Waals surface area contributed by atoms with Crippen LogP contribution >= 0.6 is 0 Å². The van der Waals surface area contributed by atoms with Crippen molar-refractivity contribution in [3.8, 4) is 0 Å². The highest BCUT2D eigenvalue weighted by molar-refractivity contribution is 5.96. The summed E-state index contributed by atoms with van der Waals surface area (Å²) in [5.41, 5.74) is 3.53. The van der Waals surface area contributed by atoms with E-state index in [1.165, 1.54) is 6.92 Å². The molecule has 2 amide bonds. The standard InChI is InChI=1S/C22H26N2O4/c1-15-11-16(2)13-19(12-15)22(27)24-14-20(25)28-17(3)21(26)23-10-9-18-7-5-4-6-8-18/h4-8,11-13,17H,9-10,14H2,1-3H3,(H,23,26)(H,24,27). The van der Waals surface area contributed by atoms with E-state index in [0.717, 1.165) is 16.7 Å². The van der Waals surface area contributed by atoms with Gasteiger partial charge in [0.1, 0.15) is 6.54 Å². The van der Waals surface area contributed by atoms with Gasteiger partial charge >= 0.3 is 5.97 Å². The Labute approximate surface area is 165 Å². The van der Waals surface area contributed by atoms with Crippen LogP contribution in [0.3, 0.4) is 0 Å². The van der Waals surface area contributed by atoms with Crippen molar-refractivity contribution in [1.82, 2.24) is 10.6 Å². The molecule has 148 valence electrons. The number of amides is 2. The molecule has 0 radical (unpaired) electrons. The highest BCUT2D eigenvalue weighted by Gasteiger charge is 2.18. The normalized spacial score (nSPS) is 11.4. The van der Waals surface area contributed by atoms with E-state index in [9.17, 15) is 14.4 Å². The number of nitrogens with one attached hydrogen (secondary N) is 2. The molecule has 0 aromatic heterocycles. The maximum atomic E-state index is 12.2. The Kier molecular flexibility index (Phi) is 7.75. The lowest BCUT2D eigenvalue weighted by Gasteiger charge is -2.14. The SMILES string of the molecule is Cc1cc(C)cc(C(=O)NCC(=O)OC(C)C(=O)NCCc2ccccc2)c1. The second-order valence-electron chi connectivity index (χ2n) is 6.72. The molecule has 0 fully saturated rings. The Morgan fingerprint density at radius 1 is 0.964 bits per heavy atom. The minimum Gasteiger partial charge on any atom is -0.451 e. The smallest absolute Gasteiger partial charge is 0.326 e. The maximum absolute atomic E-state index is 12.2. The molecule has 2 aromatic carbocycles. The van der Waals surface area contributed by atoms with Crippen molar-refractivity contribution >= 4 is 17.8 Å². The quantitative estimate of drug-likeness (QED) is 0.686. The molecule has 0 saturated carbocycles. The Morgan fingerprint density at radius 2 is 1.61 bits per heavy atom. The van der Waals surface area contributed by atoms with Crippen LogP contribution in [0.1, 0.15) is 34.0 Å². The molecule has 2 rings (SSSR count). The van der Waals surface area contributed by atoms with Gasteiger partial charge in [-0.05, 0) is 44.9 Å². The van der Waals surface area contributed by atoms with Crippen LogP contribution < -0.4 is 10.6 Å². The average molecular weight is 382 g/mol. The average Bonchev–Trinajstić information content (AvgIpc) is 2.66. The third-order valence-corrected chi connectivity index (χ3v) is 4.11. The molecule has 28 heavy (non-hydrogen) atoms. The topological polar surface area (TPSA) is 84.5 Å². The largest absolute Gasteiger partial charge is 0.451 e. The lowest BCUT2D eigenvalue weighted by atomic mass is 10.1. The summed E-state index contributed by atoms with van der Waals surface area (Å²) in [6.07, 6.45) is -0.236. The second kappa shape index (κ2) is 10.3. The number of benzene rings is 2. The van der Waals surface area contributed by atoms with Gasteiger partial charge in [0.25, 0.3) is 11.8 Å². The first kappa shape index (κ1) is 21.2. The summed E-state index contributed by atoms with van der Waals surface area (Å²) in [6.45, 7) is 5.45. The summed E-state index contributed by atoms with van der Waals surface area (Å²) >= 11 is 0. The van der Waals surface area contributed by atoms with E-state index in [-0.39, 0.29) is 18.4 Å². The summed E-state index contributed by atoms with van der Waals surface area (Å²) in [4.78, 5) is 36.1. The van der Waals surface area contributed by atoms with Crippen molar-refractivity contribution in [1.29, 1.82) is 0 Å². The summed E-state index contributed by atoms with van der Waals surface area (Å²) in [5.74, 6) is -1.39. The third-order valence-electron chi connectivity index (χ3n) is 4.11. The van der Waals surface area contributed by atoms with Crippen LogP contribution in [-0.4, -0.2) is 37.0 Å². The van der Waals surface area contributed by atoms with Crippen molar-refractivity contribution < 1.29 is 19.1 Å². The molecule has 1 unspecified atom stereocenters. The van der Waals surface area contributed by atoms with Crippen molar-refractivity contribution in [3.63, 3.8) is 0 Å². The van der Waals surface area contributed by atoms with Gasteiger partial charge in [0, 0.05) is 12.1 Å². The number of hydrogen-bond donors (Lipinski definition) is 2. The first-order valence-electron chi connectivity index (χ1n) is 9.23. The van der Waals surface area contributed by atoms with Gasteiger partial charge < -0.3 is 15.4 Å². The zero-order valence-electron chi connectivity index (χ0n) is 16.5. The van der Waals surface area contributed by atoms with Gasteiger partial charge in [0.2, 0.25) is 0 Å². The number of rotatable bonds is 8. The van der Waals surface area contributed by atoms with Gasteiger partial charge in [0.15, 0.2) is 6.10 Å². The Morgan fingerprint density at radius 3 is 2.25 bits per heavy atom. The number of carbonyl (C=O) groups excluding carboxylic acids is 3. The molecular formula is C22H26N2O4. The van der Waals surface area contributed by atoms with Crippen molar-refractivity contribution in [2.24, 2.45) is 0 Å². The number of aryl methyl sites for hydroxylation is 2. The molecule has 6 heteroatoms. The maximum Gasteiger partial charge on any atom is 0.326 e. The molecule has 0 aliphatic carbocycles. The zero-order chi connectivity index (χ0) is 20.5. The highest BCUT2D eigenvalue weighted by Crippen LogP contribution is 2.08. The Hall–Kier alpha value is -3.15. The summed E-state index contributed by atoms with van der Waals surface area (Å²) < 4.78 is 5.08. The Bertz CT molecular complexity index is 813. The summed E-state index contributed by atoms with van der Waals surface area (Å²) in [7, 11) is 0. The molecule has 2 N–H and O–H groups in total. The van der Waals surface area contributed by atoms with Crippen LogP contribution in [0, 0.1) is 13.8 Å². The monoisotopic (exact) mass is 382 g/mol. The van der Waals surface area contributed by atoms with Gasteiger partial charge in [-0.2, -0.15) is 0 Å². The number of ether oxygens (including phenoxy) is 1. The van der Waals surface area contributed by atoms with Gasteiger partial charge in [-0.25, -0.2) is 0 Å². The second-order valence-corrected chi connectivity index (χ2v) is 6.72. The number of esters is 1. The van der Waals surface area contributed by atoms with Crippen molar-refractivity contribution in [2.45, 2.75) is 33.3 Å². The molecule has 1 atom stereocenters. The van der Waals surface area contributed by atoms with Crippen LogP contribution in [-0.2, 0) is 20.7 Å². The summed E-state index contributed by atoms with van der Waals surface area (Å²) in [6, 6.07) is 15.2. The predicted molar refractivity (Wildman–Crippen MR) is 107 cm³/mol. The van der Waals surface area contributed by atoms with E-state index in [1.54, 1.807) is 12.1 Å². The minimum atomic E-state index is -0.929. The van der Waals surface area contributed by atoms with Crippen LogP contribution in [0.4, 0.5) is 0 Å². The lowest BCUT2D eigenvalue weighted by molar-refractivity contribution is -0.153. The fraction of sp³-hybridized carbons (Fsp3) is 0.318. The molecule has 0 bridgehead atoms. The van der Waals surface area contributed by atoms with Crippen molar-refractivity contribution in [2.75, 3.05) is 13.1 Å². The zero-order valence-corrected chi connectivity index (χ0v) is 16.5. The predicted octanol–water partition coefficient (Wildman–Crippen LogP) is 2.32. The van der Waals surface area contributed by atoms with Crippen LogP contribution in [0.5, 0.6) is 0 Å². The van der Waals surface area contributed by atoms with E-state index in [1.807, 2.05) is 50.2 Å². The molecular weight excluding hydrogens is 356 g/mol. The van der Waals surface area contributed by atoms with Gasteiger partial charge in [-0.1, -0.05) is 47.5 Å². The van der Waals surface area contributed by atoms with E-state index >= 15 is 0 Å². The number of hydrogen-bond acceptors (Lipinski definition) is 4. The fourth-order valence-electron chi connectivity index (χ4n) is 2.77. The molecule has 2 aromatic rings. The van der Waals surface area contributed by atoms with Gasteiger partial charge in [0.05, 0.1) is 0 Å². The summed E-state index contributed by atoms with van der Waals surface area (Å²) in [5, 5.41) is 5.25. The molecule has 6 nitrogen and oxygen atoms in total. The Balaban J connectivity index is 1.72. The third kappa shape index (κ3) is 6.87. The molecule has 0 spiro atoms. The molecule has 0 saturated heterocycles. The van der Waals surface area contributed by atoms with E-state index in [4.69, 9.17) is 4.74 Å². The minimum absolute atomic E-state index is 0.298. The molecule has 0 heterocycles. The number of carbonyl (C=O) groups is 3. The molecule has 0 aliphatic heterocycles. The first-order chi connectivity index (χ1) is 13.3. The van der Waals surface area contributed by atoms with E-state index in [2.05, 4.69) is 10.6 Å². The lowest BCUT2D eigenvalue weighted by Crippen LogP contribution is -2.39.